The van der Waals surface area contributed by atoms with Crippen molar-refractivity contribution in [3.05, 3.63) is 65.5 Å². The van der Waals surface area contributed by atoms with E-state index in [2.05, 4.69) is 41.8 Å². The fraction of sp³-hybridized carbons (Fsp3) is 0.615. The van der Waals surface area contributed by atoms with E-state index in [4.69, 9.17) is 0 Å². The largest absolute Gasteiger partial charge is 0.465 e. The maximum atomic E-state index is 14.3. The quantitative estimate of drug-likeness (QED) is 0.148. The molecule has 13 nitrogen and oxygen atoms in total. The van der Waals surface area contributed by atoms with Gasteiger partial charge in [-0.1, -0.05) is 98.2 Å². The predicted octanol–water partition coefficient (Wildman–Crippen LogP) is 4.58. The summed E-state index contributed by atoms with van der Waals surface area (Å²) in [7, 11) is 0. The summed E-state index contributed by atoms with van der Waals surface area (Å²) in [6, 6.07) is 12.4. The summed E-state index contributed by atoms with van der Waals surface area (Å²) in [6.45, 7) is 18.9. The SMILES string of the molecule is CC[C@H](C)[C@@H](C(=O)N[C@@H](Cc1ccccc1)[C@@H](O)CN(CCC(C)(C)C)NC(=O)[C@@H](NC(=O)O)C(C)(C)C)N1CCN(Cc2cccc(C)n2)C1=O. The van der Waals surface area contributed by atoms with Crippen LogP contribution in [0, 0.1) is 23.7 Å². The molecule has 0 unspecified atom stereocenters. The highest BCUT2D eigenvalue weighted by Crippen LogP contribution is 2.24. The number of hydrazine groups is 1. The van der Waals surface area contributed by atoms with Crippen LogP contribution in [0.25, 0.3) is 0 Å². The molecule has 5 amide bonds. The summed E-state index contributed by atoms with van der Waals surface area (Å²) >= 11 is 0. The van der Waals surface area contributed by atoms with E-state index in [1.165, 1.54) is 0 Å². The van der Waals surface area contributed by atoms with Crippen LogP contribution in [0.5, 0.6) is 0 Å². The summed E-state index contributed by atoms with van der Waals surface area (Å²) in [5, 5.41) is 28.4. The van der Waals surface area contributed by atoms with E-state index >= 15 is 0 Å². The fourth-order valence-electron chi connectivity index (χ4n) is 6.27. The van der Waals surface area contributed by atoms with Gasteiger partial charge in [-0.15, -0.1) is 0 Å². The zero-order chi connectivity index (χ0) is 38.8. The third-order valence-corrected chi connectivity index (χ3v) is 9.51. The van der Waals surface area contributed by atoms with Crippen molar-refractivity contribution in [3.63, 3.8) is 0 Å². The number of nitrogens with zero attached hydrogens (tertiary/aromatic N) is 4. The third kappa shape index (κ3) is 12.8. The van der Waals surface area contributed by atoms with Crippen LogP contribution in [0.15, 0.2) is 48.5 Å². The maximum absolute atomic E-state index is 14.3. The number of rotatable bonds is 17. The number of hydrogen-bond donors (Lipinski definition) is 5. The van der Waals surface area contributed by atoms with E-state index in [0.29, 0.717) is 45.4 Å². The molecular formula is C39H61N7O6. The maximum Gasteiger partial charge on any atom is 0.405 e. The van der Waals surface area contributed by atoms with Crippen LogP contribution in [0.1, 0.15) is 85.2 Å². The van der Waals surface area contributed by atoms with Gasteiger partial charge in [0, 0.05) is 31.9 Å². The number of nitrogens with one attached hydrogen (secondary N) is 3. The molecule has 5 atom stereocenters. The molecule has 3 rings (SSSR count). The van der Waals surface area contributed by atoms with E-state index in [0.717, 1.165) is 17.0 Å². The molecule has 0 bridgehead atoms. The molecule has 2 aromatic rings. The van der Waals surface area contributed by atoms with Crippen LogP contribution >= 0.6 is 0 Å². The first-order chi connectivity index (χ1) is 24.3. The number of aryl methyl sites for hydroxylation is 1. The van der Waals surface area contributed by atoms with Gasteiger partial charge in [0.1, 0.15) is 12.1 Å². The number of carboxylic acid groups (broad SMARTS) is 1. The lowest BCUT2D eigenvalue weighted by Gasteiger charge is -2.36. The molecule has 13 heteroatoms. The van der Waals surface area contributed by atoms with Crippen molar-refractivity contribution < 1.29 is 29.4 Å². The van der Waals surface area contributed by atoms with Crippen molar-refractivity contribution in [2.24, 2.45) is 16.7 Å². The van der Waals surface area contributed by atoms with Gasteiger partial charge in [0.05, 0.1) is 24.4 Å². The van der Waals surface area contributed by atoms with Crippen molar-refractivity contribution in [1.29, 1.82) is 0 Å². The van der Waals surface area contributed by atoms with Gasteiger partial charge in [0.25, 0.3) is 5.91 Å². The standard InChI is InChI=1S/C39H61N7O6/c1-10-26(2)32(46-22-21-44(37(46)52)24-29-18-14-15-27(3)40-29)34(48)41-30(23-28-16-12-11-13-17-28)31(47)25-45(20-19-38(4,5)6)43-35(49)33(39(7,8)9)42-36(50)51/h11-18,26,30-33,42,47H,10,19-25H2,1-9H3,(H,41,48)(H,43,49)(H,50,51)/t26-,30-,31-,32-,33+/m0/s1. The number of hydrogen-bond acceptors (Lipinski definition) is 7. The smallest absolute Gasteiger partial charge is 0.405 e. The van der Waals surface area contributed by atoms with Gasteiger partial charge < -0.3 is 30.6 Å². The Morgan fingerprint density at radius 1 is 0.962 bits per heavy atom. The highest BCUT2D eigenvalue weighted by Gasteiger charge is 2.41. The number of benzene rings is 1. The average Bonchev–Trinajstić information content (AvgIpc) is 3.40. The first-order valence-corrected chi connectivity index (χ1v) is 18.3. The van der Waals surface area contributed by atoms with Crippen LogP contribution in [-0.4, -0.2) is 104 Å². The Labute approximate surface area is 309 Å². The lowest BCUT2D eigenvalue weighted by atomic mass is 9.86. The monoisotopic (exact) mass is 723 g/mol. The molecule has 1 aromatic heterocycles. The number of aromatic nitrogens is 1. The Morgan fingerprint density at radius 2 is 1.63 bits per heavy atom. The Bertz CT molecular complexity index is 1490. The Morgan fingerprint density at radius 3 is 2.21 bits per heavy atom. The van der Waals surface area contributed by atoms with Crippen molar-refractivity contribution in [2.45, 2.75) is 112 Å². The number of carbonyl (C=O) groups is 4. The van der Waals surface area contributed by atoms with Crippen LogP contribution in [0.2, 0.25) is 0 Å². The van der Waals surface area contributed by atoms with Gasteiger partial charge in [0.2, 0.25) is 5.91 Å². The van der Waals surface area contributed by atoms with Gasteiger partial charge in [-0.2, -0.15) is 0 Å². The minimum absolute atomic E-state index is 0.0442. The van der Waals surface area contributed by atoms with E-state index in [-0.39, 0.29) is 29.8 Å². The number of aliphatic hydroxyl groups excluding tert-OH is 1. The van der Waals surface area contributed by atoms with Gasteiger partial charge >= 0.3 is 12.1 Å². The molecule has 1 aliphatic heterocycles. The number of carbonyl (C=O) groups excluding carboxylic acids is 3. The predicted molar refractivity (Wildman–Crippen MR) is 201 cm³/mol. The number of aliphatic hydroxyl groups is 1. The molecule has 0 aliphatic carbocycles. The summed E-state index contributed by atoms with van der Waals surface area (Å²) in [5.74, 6) is -1.08. The summed E-state index contributed by atoms with van der Waals surface area (Å²) < 4.78 is 0. The van der Waals surface area contributed by atoms with Crippen molar-refractivity contribution in [3.8, 4) is 0 Å². The van der Waals surface area contributed by atoms with Crippen LogP contribution in [0.3, 0.4) is 0 Å². The summed E-state index contributed by atoms with van der Waals surface area (Å²) in [6.07, 6.45) is -0.861. The fourth-order valence-corrected chi connectivity index (χ4v) is 6.27. The van der Waals surface area contributed by atoms with E-state index in [9.17, 15) is 29.4 Å². The zero-order valence-corrected chi connectivity index (χ0v) is 32.5. The molecule has 0 spiro atoms. The number of urea groups is 1. The van der Waals surface area contributed by atoms with Crippen molar-refractivity contribution in [1.82, 2.24) is 35.9 Å². The molecule has 5 N–H and O–H groups in total. The highest BCUT2D eigenvalue weighted by molar-refractivity contribution is 5.88. The molecule has 288 valence electrons. The van der Waals surface area contributed by atoms with Crippen molar-refractivity contribution >= 4 is 23.9 Å². The number of amides is 5. The molecule has 1 saturated heterocycles. The molecule has 1 aromatic carbocycles. The summed E-state index contributed by atoms with van der Waals surface area (Å²) in [4.78, 5) is 61.1. The van der Waals surface area contributed by atoms with Gasteiger partial charge in [-0.3, -0.25) is 20.0 Å². The molecule has 0 radical (unpaired) electrons. The van der Waals surface area contributed by atoms with Crippen LogP contribution in [-0.2, 0) is 22.6 Å². The second-order valence-electron chi connectivity index (χ2n) is 16.4. The lowest BCUT2D eigenvalue weighted by Crippen LogP contribution is -2.60. The van der Waals surface area contributed by atoms with Gasteiger partial charge in [-0.05, 0) is 54.2 Å². The highest BCUT2D eigenvalue weighted by atomic mass is 16.4. The number of pyridine rings is 1. The van der Waals surface area contributed by atoms with E-state index < -0.39 is 41.6 Å². The second kappa shape index (κ2) is 18.5. The topological polar surface area (TPSA) is 167 Å². The first-order valence-electron chi connectivity index (χ1n) is 18.3. The van der Waals surface area contributed by atoms with E-state index in [1.54, 1.807) is 35.6 Å². The van der Waals surface area contributed by atoms with Crippen LogP contribution < -0.4 is 16.1 Å². The normalized spacial score (nSPS) is 16.6. The first kappa shape index (κ1) is 42.2. The van der Waals surface area contributed by atoms with Crippen molar-refractivity contribution in [2.75, 3.05) is 26.2 Å². The second-order valence-corrected chi connectivity index (χ2v) is 16.4. The Hall–Kier alpha value is -4.23. The Balaban J connectivity index is 1.88. The Kier molecular flexibility index (Phi) is 15.0. The van der Waals surface area contributed by atoms with E-state index in [1.807, 2.05) is 69.3 Å². The zero-order valence-electron chi connectivity index (χ0n) is 32.5. The minimum Gasteiger partial charge on any atom is -0.465 e. The molecule has 1 aliphatic rings. The summed E-state index contributed by atoms with van der Waals surface area (Å²) in [5.41, 5.74) is 4.56. The lowest BCUT2D eigenvalue weighted by molar-refractivity contribution is -0.132. The molecular weight excluding hydrogens is 662 g/mol. The van der Waals surface area contributed by atoms with Crippen LogP contribution in [0.4, 0.5) is 9.59 Å². The molecule has 2 heterocycles. The average molecular weight is 724 g/mol. The third-order valence-electron chi connectivity index (χ3n) is 9.51. The van der Waals surface area contributed by atoms with Gasteiger partial charge in [0.15, 0.2) is 0 Å². The minimum atomic E-state index is -1.32. The van der Waals surface area contributed by atoms with Gasteiger partial charge in [-0.25, -0.2) is 14.6 Å². The molecule has 0 saturated carbocycles. The molecule has 52 heavy (non-hydrogen) atoms. The molecule has 1 fully saturated rings.